The highest BCUT2D eigenvalue weighted by molar-refractivity contribution is 5.92. The molecule has 0 aliphatic heterocycles. The van der Waals surface area contributed by atoms with Gasteiger partial charge in [-0.25, -0.2) is 4.68 Å². The number of ether oxygens (including phenoxy) is 1. The molecule has 2 aromatic carbocycles. The summed E-state index contributed by atoms with van der Waals surface area (Å²) in [7, 11) is 1.62. The molecule has 6 heteroatoms. The topological polar surface area (TPSA) is 69.0 Å². The van der Waals surface area contributed by atoms with Crippen molar-refractivity contribution < 1.29 is 9.53 Å². The molecule has 6 nitrogen and oxygen atoms in total. The molecule has 3 rings (SSSR count). The smallest absolute Gasteiger partial charge is 0.273 e. The molecule has 0 saturated carbocycles. The molecule has 1 N–H and O–H groups in total. The number of carbonyl (C=O) groups excluding carboxylic acids is 1. The number of carbonyl (C=O) groups is 1. The number of hydrogen-bond acceptors (Lipinski definition) is 4. The van der Waals surface area contributed by atoms with E-state index >= 15 is 0 Å². The SMILES string of the molecule is COc1ccc(-n2cc(C(=O)N[C@@H](C)CCc3ccccc3)nn2)cc1. The lowest BCUT2D eigenvalue weighted by Crippen LogP contribution is -2.33. The molecule has 0 aliphatic carbocycles. The monoisotopic (exact) mass is 350 g/mol. The van der Waals surface area contributed by atoms with E-state index in [1.54, 1.807) is 18.0 Å². The molecule has 0 spiro atoms. The highest BCUT2D eigenvalue weighted by Crippen LogP contribution is 2.14. The van der Waals surface area contributed by atoms with Crippen molar-refractivity contribution in [1.29, 1.82) is 0 Å². The van der Waals surface area contributed by atoms with Gasteiger partial charge < -0.3 is 10.1 Å². The zero-order valence-corrected chi connectivity index (χ0v) is 14.9. The molecule has 3 aromatic rings. The summed E-state index contributed by atoms with van der Waals surface area (Å²) in [6.07, 6.45) is 3.41. The summed E-state index contributed by atoms with van der Waals surface area (Å²) in [6, 6.07) is 17.7. The second kappa shape index (κ2) is 8.29. The van der Waals surface area contributed by atoms with Crippen LogP contribution in [0.15, 0.2) is 60.8 Å². The highest BCUT2D eigenvalue weighted by atomic mass is 16.5. The van der Waals surface area contributed by atoms with Crippen LogP contribution < -0.4 is 10.1 Å². The fourth-order valence-corrected chi connectivity index (χ4v) is 2.63. The van der Waals surface area contributed by atoms with E-state index in [9.17, 15) is 4.79 Å². The van der Waals surface area contributed by atoms with Crippen LogP contribution >= 0.6 is 0 Å². The number of methoxy groups -OCH3 is 1. The molecule has 1 aromatic heterocycles. The third-order valence-corrected chi connectivity index (χ3v) is 4.15. The Morgan fingerprint density at radius 2 is 1.88 bits per heavy atom. The van der Waals surface area contributed by atoms with Gasteiger partial charge in [0.05, 0.1) is 19.0 Å². The fraction of sp³-hybridized carbons (Fsp3) is 0.250. The Morgan fingerprint density at radius 3 is 2.58 bits per heavy atom. The van der Waals surface area contributed by atoms with Gasteiger partial charge in [-0.1, -0.05) is 35.5 Å². The number of nitrogens with zero attached hydrogens (tertiary/aromatic N) is 3. The van der Waals surface area contributed by atoms with Crippen LogP contribution in [0.1, 0.15) is 29.4 Å². The maximum atomic E-state index is 12.4. The fourth-order valence-electron chi connectivity index (χ4n) is 2.63. The van der Waals surface area contributed by atoms with Gasteiger partial charge in [0.1, 0.15) is 5.75 Å². The molecular formula is C20H22N4O2. The average molecular weight is 350 g/mol. The molecule has 0 fully saturated rings. The Kier molecular flexibility index (Phi) is 5.63. The van der Waals surface area contributed by atoms with Crippen LogP contribution in [0, 0.1) is 0 Å². The van der Waals surface area contributed by atoms with Crippen LogP contribution in [0.4, 0.5) is 0 Å². The van der Waals surface area contributed by atoms with Crippen molar-refractivity contribution >= 4 is 5.91 Å². The molecule has 0 saturated heterocycles. The number of benzene rings is 2. The lowest BCUT2D eigenvalue weighted by atomic mass is 10.1. The van der Waals surface area contributed by atoms with E-state index in [0.717, 1.165) is 24.3 Å². The predicted octanol–water partition coefficient (Wildman–Crippen LogP) is 3.03. The second-order valence-corrected chi connectivity index (χ2v) is 6.15. The van der Waals surface area contributed by atoms with E-state index in [2.05, 4.69) is 27.8 Å². The molecule has 1 heterocycles. The number of aromatic nitrogens is 3. The normalized spacial score (nSPS) is 11.8. The molecule has 134 valence electrons. The zero-order chi connectivity index (χ0) is 18.4. The minimum Gasteiger partial charge on any atom is -0.497 e. The van der Waals surface area contributed by atoms with Gasteiger partial charge in [-0.05, 0) is 49.6 Å². The van der Waals surface area contributed by atoms with Gasteiger partial charge in [-0.3, -0.25) is 4.79 Å². The van der Waals surface area contributed by atoms with Crippen molar-refractivity contribution in [2.24, 2.45) is 0 Å². The molecular weight excluding hydrogens is 328 g/mol. The summed E-state index contributed by atoms with van der Waals surface area (Å²) in [5.41, 5.74) is 2.38. The summed E-state index contributed by atoms with van der Waals surface area (Å²) < 4.78 is 6.71. The number of rotatable bonds is 7. The molecule has 0 aliphatic rings. The summed E-state index contributed by atoms with van der Waals surface area (Å²) in [5.74, 6) is 0.546. The van der Waals surface area contributed by atoms with E-state index < -0.39 is 0 Å². The number of nitrogens with one attached hydrogen (secondary N) is 1. The van der Waals surface area contributed by atoms with Gasteiger partial charge in [0.2, 0.25) is 0 Å². The van der Waals surface area contributed by atoms with Crippen LogP contribution in [0.3, 0.4) is 0 Å². The molecule has 26 heavy (non-hydrogen) atoms. The van der Waals surface area contributed by atoms with Crippen molar-refractivity contribution in [3.05, 3.63) is 72.1 Å². The van der Waals surface area contributed by atoms with E-state index in [-0.39, 0.29) is 11.9 Å². The zero-order valence-electron chi connectivity index (χ0n) is 14.9. The first kappa shape index (κ1) is 17.7. The summed E-state index contributed by atoms with van der Waals surface area (Å²) in [5, 5.41) is 11.0. The van der Waals surface area contributed by atoms with Crippen molar-refractivity contribution in [2.75, 3.05) is 7.11 Å². The van der Waals surface area contributed by atoms with Gasteiger partial charge in [0.15, 0.2) is 5.69 Å². The van der Waals surface area contributed by atoms with Crippen molar-refractivity contribution in [3.63, 3.8) is 0 Å². The van der Waals surface area contributed by atoms with Gasteiger partial charge in [-0.15, -0.1) is 5.10 Å². The summed E-state index contributed by atoms with van der Waals surface area (Å²) >= 11 is 0. The lowest BCUT2D eigenvalue weighted by Gasteiger charge is -2.12. The van der Waals surface area contributed by atoms with Crippen LogP contribution in [-0.2, 0) is 6.42 Å². The molecule has 0 unspecified atom stereocenters. The Bertz CT molecular complexity index is 844. The van der Waals surface area contributed by atoms with E-state index in [1.165, 1.54) is 5.56 Å². The first-order chi connectivity index (χ1) is 12.7. The number of hydrogen-bond donors (Lipinski definition) is 1. The van der Waals surface area contributed by atoms with E-state index in [4.69, 9.17) is 4.74 Å². The number of amides is 1. The van der Waals surface area contributed by atoms with Crippen molar-refractivity contribution in [3.8, 4) is 11.4 Å². The summed E-state index contributed by atoms with van der Waals surface area (Å²) in [6.45, 7) is 1.99. The third kappa shape index (κ3) is 4.47. The quantitative estimate of drug-likeness (QED) is 0.711. The van der Waals surface area contributed by atoms with Crippen LogP contribution in [-0.4, -0.2) is 34.1 Å². The maximum Gasteiger partial charge on any atom is 0.273 e. The van der Waals surface area contributed by atoms with Gasteiger partial charge >= 0.3 is 0 Å². The van der Waals surface area contributed by atoms with Crippen LogP contribution in [0.25, 0.3) is 5.69 Å². The van der Waals surface area contributed by atoms with Crippen LogP contribution in [0.5, 0.6) is 5.75 Å². The van der Waals surface area contributed by atoms with Gasteiger partial charge in [0.25, 0.3) is 5.91 Å². The van der Waals surface area contributed by atoms with Crippen molar-refractivity contribution in [2.45, 2.75) is 25.8 Å². The lowest BCUT2D eigenvalue weighted by molar-refractivity contribution is 0.0933. The minimum atomic E-state index is -0.217. The minimum absolute atomic E-state index is 0.0499. The molecule has 0 bridgehead atoms. The maximum absolute atomic E-state index is 12.4. The Balaban J connectivity index is 1.57. The number of aryl methyl sites for hydroxylation is 1. The molecule has 1 atom stereocenters. The van der Waals surface area contributed by atoms with E-state index in [1.807, 2.05) is 49.4 Å². The second-order valence-electron chi connectivity index (χ2n) is 6.15. The predicted molar refractivity (Wildman–Crippen MR) is 99.6 cm³/mol. The first-order valence-corrected chi connectivity index (χ1v) is 8.57. The van der Waals surface area contributed by atoms with Gasteiger partial charge in [-0.2, -0.15) is 0 Å². The Labute approximate surface area is 152 Å². The third-order valence-electron chi connectivity index (χ3n) is 4.15. The van der Waals surface area contributed by atoms with E-state index in [0.29, 0.717) is 5.69 Å². The molecule has 0 radical (unpaired) electrons. The first-order valence-electron chi connectivity index (χ1n) is 8.57. The standard InChI is InChI=1S/C20H22N4O2/c1-15(8-9-16-6-4-3-5-7-16)21-20(25)19-14-24(23-22-19)17-10-12-18(26-2)13-11-17/h3-7,10-15H,8-9H2,1-2H3,(H,21,25)/t15-/m0/s1. The molecule has 1 amide bonds. The van der Waals surface area contributed by atoms with Gasteiger partial charge in [0, 0.05) is 6.04 Å². The Morgan fingerprint density at radius 1 is 1.15 bits per heavy atom. The van der Waals surface area contributed by atoms with Crippen LogP contribution in [0.2, 0.25) is 0 Å². The highest BCUT2D eigenvalue weighted by Gasteiger charge is 2.14. The average Bonchev–Trinajstić information content (AvgIpc) is 3.18. The largest absolute Gasteiger partial charge is 0.497 e. The van der Waals surface area contributed by atoms with Crippen molar-refractivity contribution in [1.82, 2.24) is 20.3 Å². The Hall–Kier alpha value is -3.15. The summed E-state index contributed by atoms with van der Waals surface area (Å²) in [4.78, 5) is 12.4.